The third-order valence-electron chi connectivity index (χ3n) is 3.83. The summed E-state index contributed by atoms with van der Waals surface area (Å²) in [4.78, 5) is 50.6. The summed E-state index contributed by atoms with van der Waals surface area (Å²) in [7, 11) is 0. The van der Waals surface area contributed by atoms with Gasteiger partial charge in [0.2, 0.25) is 5.12 Å². The molecule has 0 aliphatic carbocycles. The van der Waals surface area contributed by atoms with Crippen molar-refractivity contribution in [3.63, 3.8) is 0 Å². The summed E-state index contributed by atoms with van der Waals surface area (Å²) in [5.74, 6) is -0.700. The van der Waals surface area contributed by atoms with E-state index in [2.05, 4.69) is 10.3 Å². The van der Waals surface area contributed by atoms with E-state index in [-0.39, 0.29) is 22.8 Å². The second-order valence-electron chi connectivity index (χ2n) is 5.47. The van der Waals surface area contributed by atoms with E-state index in [4.69, 9.17) is 0 Å². The van der Waals surface area contributed by atoms with Gasteiger partial charge in [-0.3, -0.25) is 19.0 Å². The number of hydrogen-bond acceptors (Lipinski definition) is 5. The summed E-state index contributed by atoms with van der Waals surface area (Å²) >= 11 is 1.12. The maximum atomic E-state index is 13.8. The maximum absolute atomic E-state index is 13.8. The number of nitrogens with zero attached hydrogens (tertiary/aromatic N) is 1. The fourth-order valence-electron chi connectivity index (χ4n) is 2.48. The van der Waals surface area contributed by atoms with Crippen LogP contribution in [-0.2, 0) is 11.3 Å². The lowest BCUT2D eigenvalue weighted by molar-refractivity contribution is -0.112. The first-order valence-electron chi connectivity index (χ1n) is 7.51. The fourth-order valence-corrected chi connectivity index (χ4v) is 3.41. The molecule has 7 nitrogen and oxygen atoms in total. The maximum Gasteiger partial charge on any atom is 0.328 e. The first-order chi connectivity index (χ1) is 12.0. The van der Waals surface area contributed by atoms with E-state index in [0.29, 0.717) is 12.2 Å². The second kappa shape index (κ2) is 7.06. The molecule has 1 aliphatic heterocycles. The molecular weight excluding hydrogens is 349 g/mol. The average Bonchev–Trinajstić information content (AvgIpc) is 2.98. The van der Waals surface area contributed by atoms with Gasteiger partial charge in [0.05, 0.1) is 12.6 Å². The van der Waals surface area contributed by atoms with Crippen LogP contribution in [0.3, 0.4) is 0 Å². The molecule has 9 heteroatoms. The molecular formula is C16H14FN3O4S. The largest absolute Gasteiger partial charge is 0.341 e. The Morgan fingerprint density at radius 3 is 2.76 bits per heavy atom. The molecule has 2 N–H and O–H groups in total. The fraction of sp³-hybridized carbons (Fsp3) is 0.250. The highest BCUT2D eigenvalue weighted by atomic mass is 32.2. The normalized spacial score (nSPS) is 16.8. The van der Waals surface area contributed by atoms with Crippen LogP contribution in [0.15, 0.2) is 40.1 Å². The second-order valence-corrected chi connectivity index (χ2v) is 6.57. The van der Waals surface area contributed by atoms with E-state index >= 15 is 0 Å². The highest BCUT2D eigenvalue weighted by Crippen LogP contribution is 2.19. The number of benzene rings is 1. The molecule has 1 aliphatic rings. The van der Waals surface area contributed by atoms with Crippen molar-refractivity contribution in [2.45, 2.75) is 19.0 Å². The first-order valence-corrected chi connectivity index (χ1v) is 8.49. The number of carbonyl (C=O) groups is 2. The lowest BCUT2D eigenvalue weighted by Crippen LogP contribution is -2.44. The van der Waals surface area contributed by atoms with Crippen molar-refractivity contribution in [3.05, 3.63) is 68.2 Å². The molecule has 1 fully saturated rings. The molecule has 0 radical (unpaired) electrons. The number of amides is 1. The number of thioether (sulfide) groups is 1. The number of carbonyl (C=O) groups excluding carboxylic acids is 2. The standard InChI is InChI=1S/C16H14FN3O4S/c17-11-4-2-1-3-9(11)8-20-14(22)10(7-18-16(20)24)13(21)19-12-5-6-25-15(12)23/h1-4,7,12H,5-6,8H2,(H,18,24)(H,19,21). The van der Waals surface area contributed by atoms with E-state index in [1.54, 1.807) is 6.07 Å². The van der Waals surface area contributed by atoms with Gasteiger partial charge in [0.25, 0.3) is 11.5 Å². The van der Waals surface area contributed by atoms with Crippen molar-refractivity contribution < 1.29 is 14.0 Å². The number of nitrogens with one attached hydrogen (secondary N) is 2. The first kappa shape index (κ1) is 17.2. The van der Waals surface area contributed by atoms with Gasteiger partial charge in [-0.25, -0.2) is 9.18 Å². The molecule has 2 heterocycles. The number of aromatic nitrogens is 2. The zero-order valence-corrected chi connectivity index (χ0v) is 13.8. The highest BCUT2D eigenvalue weighted by Gasteiger charge is 2.28. The lowest BCUT2D eigenvalue weighted by Gasteiger charge is -2.11. The van der Waals surface area contributed by atoms with Gasteiger partial charge in [0.15, 0.2) is 0 Å². The van der Waals surface area contributed by atoms with Gasteiger partial charge < -0.3 is 10.3 Å². The minimum absolute atomic E-state index is 0.148. The third kappa shape index (κ3) is 3.55. The van der Waals surface area contributed by atoms with Crippen molar-refractivity contribution >= 4 is 22.8 Å². The average molecular weight is 363 g/mol. The van der Waals surface area contributed by atoms with Crippen molar-refractivity contribution in [2.24, 2.45) is 0 Å². The van der Waals surface area contributed by atoms with Gasteiger partial charge in [-0.2, -0.15) is 0 Å². The summed E-state index contributed by atoms with van der Waals surface area (Å²) in [6.07, 6.45) is 1.49. The zero-order valence-electron chi connectivity index (χ0n) is 13.0. The number of halogens is 1. The molecule has 130 valence electrons. The summed E-state index contributed by atoms with van der Waals surface area (Å²) in [5.41, 5.74) is -1.75. The van der Waals surface area contributed by atoms with Crippen molar-refractivity contribution in [1.82, 2.24) is 14.9 Å². The zero-order chi connectivity index (χ0) is 18.0. The van der Waals surface area contributed by atoms with Gasteiger partial charge in [0.1, 0.15) is 11.4 Å². The van der Waals surface area contributed by atoms with Crippen LogP contribution in [0, 0.1) is 5.82 Å². The molecule has 0 bridgehead atoms. The Morgan fingerprint density at radius 2 is 2.08 bits per heavy atom. The van der Waals surface area contributed by atoms with E-state index in [1.807, 2.05) is 0 Å². The molecule has 1 saturated heterocycles. The minimum atomic E-state index is -0.845. The van der Waals surface area contributed by atoms with E-state index < -0.39 is 29.0 Å². The van der Waals surface area contributed by atoms with Crippen LogP contribution in [0.4, 0.5) is 4.39 Å². The Kier molecular flexibility index (Phi) is 4.84. The smallest absolute Gasteiger partial charge is 0.328 e. The number of hydrogen-bond donors (Lipinski definition) is 2. The number of aromatic amines is 1. The van der Waals surface area contributed by atoms with Gasteiger partial charge in [-0.15, -0.1) is 0 Å². The molecule has 1 aromatic carbocycles. The molecule has 1 amide bonds. The minimum Gasteiger partial charge on any atom is -0.341 e. The van der Waals surface area contributed by atoms with Crippen molar-refractivity contribution in [1.29, 1.82) is 0 Å². The lowest BCUT2D eigenvalue weighted by atomic mass is 10.2. The summed E-state index contributed by atoms with van der Waals surface area (Å²) < 4.78 is 14.5. The molecule has 1 atom stereocenters. The predicted octanol–water partition coefficient (Wildman–Crippen LogP) is 0.486. The van der Waals surface area contributed by atoms with Gasteiger partial charge >= 0.3 is 5.69 Å². The highest BCUT2D eigenvalue weighted by molar-refractivity contribution is 8.14. The van der Waals surface area contributed by atoms with Crippen LogP contribution in [0.2, 0.25) is 0 Å². The van der Waals surface area contributed by atoms with Crippen LogP contribution >= 0.6 is 11.8 Å². The van der Waals surface area contributed by atoms with Gasteiger partial charge in [0, 0.05) is 17.5 Å². The Bertz CT molecular complexity index is 953. The molecule has 2 aromatic rings. The Balaban J connectivity index is 1.91. The van der Waals surface area contributed by atoms with Crippen molar-refractivity contribution in [3.8, 4) is 0 Å². The van der Waals surface area contributed by atoms with Crippen LogP contribution in [0.1, 0.15) is 22.3 Å². The predicted molar refractivity (Wildman–Crippen MR) is 90.2 cm³/mol. The summed E-state index contributed by atoms with van der Waals surface area (Å²) in [5, 5.41) is 2.33. The van der Waals surface area contributed by atoms with E-state index in [9.17, 15) is 23.6 Å². The van der Waals surface area contributed by atoms with Crippen LogP contribution < -0.4 is 16.6 Å². The van der Waals surface area contributed by atoms with Crippen molar-refractivity contribution in [2.75, 3.05) is 5.75 Å². The van der Waals surface area contributed by atoms with E-state index in [0.717, 1.165) is 22.5 Å². The Morgan fingerprint density at radius 1 is 1.32 bits per heavy atom. The van der Waals surface area contributed by atoms with Crippen LogP contribution in [-0.4, -0.2) is 32.4 Å². The Hall–Kier alpha value is -2.68. The molecule has 1 unspecified atom stereocenters. The molecule has 0 spiro atoms. The number of rotatable bonds is 4. The molecule has 3 rings (SSSR count). The summed E-state index contributed by atoms with van der Waals surface area (Å²) in [6.45, 7) is -0.305. The van der Waals surface area contributed by atoms with Gasteiger partial charge in [-0.05, 0) is 12.5 Å². The summed E-state index contributed by atoms with van der Waals surface area (Å²) in [6, 6.07) is 5.09. The van der Waals surface area contributed by atoms with Gasteiger partial charge in [-0.1, -0.05) is 30.0 Å². The molecule has 0 saturated carbocycles. The Labute approximate surface area is 145 Å². The molecule has 25 heavy (non-hydrogen) atoms. The topological polar surface area (TPSA) is 101 Å². The van der Waals surface area contributed by atoms with Crippen LogP contribution in [0.25, 0.3) is 0 Å². The molecule has 1 aromatic heterocycles. The quantitative estimate of drug-likeness (QED) is 0.823. The monoisotopic (exact) mass is 363 g/mol. The van der Waals surface area contributed by atoms with E-state index in [1.165, 1.54) is 18.2 Å². The van der Waals surface area contributed by atoms with Crippen LogP contribution in [0.5, 0.6) is 0 Å². The number of H-pyrrole nitrogens is 1. The SMILES string of the molecule is O=C(NC1CCSC1=O)c1c[nH]c(=O)n(Cc2ccccc2F)c1=O. The third-order valence-corrected chi connectivity index (χ3v) is 4.84.